The van der Waals surface area contributed by atoms with E-state index in [9.17, 15) is 9.90 Å². The summed E-state index contributed by atoms with van der Waals surface area (Å²) in [5.74, 6) is 1.69. The van der Waals surface area contributed by atoms with Gasteiger partial charge in [0.1, 0.15) is 23.9 Å². The first-order valence-electron chi connectivity index (χ1n) is 12.7. The van der Waals surface area contributed by atoms with Gasteiger partial charge in [-0.3, -0.25) is 9.69 Å². The number of hydrogen-bond acceptors (Lipinski definition) is 5. The highest BCUT2D eigenvalue weighted by Crippen LogP contribution is 2.42. The number of carbonyl (C=O) groups is 1. The predicted molar refractivity (Wildman–Crippen MR) is 139 cm³/mol. The number of aromatic hydroxyl groups is 1. The van der Waals surface area contributed by atoms with Crippen LogP contribution in [-0.2, 0) is 19.6 Å². The van der Waals surface area contributed by atoms with Gasteiger partial charge >= 0.3 is 0 Å². The molecule has 2 aliphatic heterocycles. The molecule has 0 saturated carbocycles. The third-order valence-electron chi connectivity index (χ3n) is 7.24. The number of carbonyl (C=O) groups excluding carboxylic acids is 1. The molecule has 3 aromatic carbocycles. The van der Waals surface area contributed by atoms with Crippen LogP contribution >= 0.6 is 0 Å². The third kappa shape index (κ3) is 4.31. The van der Waals surface area contributed by atoms with Crippen LogP contribution in [0.3, 0.4) is 0 Å². The van der Waals surface area contributed by atoms with E-state index in [-0.39, 0.29) is 11.5 Å². The molecule has 182 valence electrons. The number of likely N-dealkylation sites (tertiary alicyclic amines) is 1. The van der Waals surface area contributed by atoms with E-state index in [2.05, 4.69) is 29.2 Å². The normalized spacial score (nSPS) is 18.1. The molecule has 0 aromatic heterocycles. The van der Waals surface area contributed by atoms with Crippen LogP contribution in [0.25, 0.3) is 5.57 Å². The summed E-state index contributed by atoms with van der Waals surface area (Å²) in [5.41, 5.74) is 5.46. The molecule has 3 aromatic rings. The monoisotopic (exact) mass is 479 g/mol. The van der Waals surface area contributed by atoms with Crippen LogP contribution in [0.2, 0.25) is 0 Å². The lowest BCUT2D eigenvalue weighted by molar-refractivity contribution is 0.101. The fraction of sp³-hybridized carbons (Fsp3) is 0.258. The summed E-state index contributed by atoms with van der Waals surface area (Å²) in [4.78, 5) is 15.6. The molecule has 2 heterocycles. The fourth-order valence-electron chi connectivity index (χ4n) is 5.31. The number of benzene rings is 3. The van der Waals surface area contributed by atoms with Crippen LogP contribution in [0, 0.1) is 0 Å². The Kier molecular flexibility index (Phi) is 6.08. The molecule has 5 nitrogen and oxygen atoms in total. The Labute approximate surface area is 211 Å². The smallest absolute Gasteiger partial charge is 0.231 e. The SMILES string of the molecule is O=C1/C(=C/C2=CCc3c(OCc4ccccc4)cccc32)Oc2c1ccc(O)c2CN1CCCCC1. The van der Waals surface area contributed by atoms with Crippen LogP contribution in [0.5, 0.6) is 17.2 Å². The maximum atomic E-state index is 13.2. The van der Waals surface area contributed by atoms with Crippen molar-refractivity contribution in [2.24, 2.45) is 0 Å². The van der Waals surface area contributed by atoms with Crippen molar-refractivity contribution in [3.8, 4) is 17.2 Å². The number of rotatable bonds is 6. The lowest BCUT2D eigenvalue weighted by atomic mass is 10.0. The first-order chi connectivity index (χ1) is 17.7. The van der Waals surface area contributed by atoms with Gasteiger partial charge in [-0.1, -0.05) is 55.0 Å². The van der Waals surface area contributed by atoms with Crippen LogP contribution in [0.1, 0.15) is 51.9 Å². The number of allylic oxidation sites excluding steroid dienone is 4. The zero-order valence-electron chi connectivity index (χ0n) is 20.2. The first kappa shape index (κ1) is 22.6. The van der Waals surface area contributed by atoms with E-state index in [0.29, 0.717) is 35.8 Å². The molecule has 0 atom stereocenters. The summed E-state index contributed by atoms with van der Waals surface area (Å²) in [7, 11) is 0. The Morgan fingerprint density at radius 1 is 0.944 bits per heavy atom. The standard InChI is InChI=1S/C31H29NO4/c33-27-15-14-25-30(34)29(36-31(25)26(27)19-32-16-5-2-6-17-32)18-22-12-13-24-23(22)10-7-11-28(24)35-20-21-8-3-1-4-9-21/h1,3-4,7-12,14-15,18,33H,2,5-6,13,16-17,19-20H2/b29-18-. The van der Waals surface area contributed by atoms with Crippen molar-refractivity contribution < 1.29 is 19.4 Å². The summed E-state index contributed by atoms with van der Waals surface area (Å²) in [6.45, 7) is 3.09. The molecule has 0 amide bonds. The number of piperidine rings is 1. The minimum atomic E-state index is -0.143. The van der Waals surface area contributed by atoms with Crippen molar-refractivity contribution >= 4 is 11.4 Å². The van der Waals surface area contributed by atoms with Crippen LogP contribution in [-0.4, -0.2) is 28.9 Å². The maximum absolute atomic E-state index is 13.2. The van der Waals surface area contributed by atoms with Gasteiger partial charge in [-0.25, -0.2) is 0 Å². The van der Waals surface area contributed by atoms with Crippen LogP contribution in [0.4, 0.5) is 0 Å². The van der Waals surface area contributed by atoms with Crippen molar-refractivity contribution in [2.75, 3.05) is 13.1 Å². The van der Waals surface area contributed by atoms with Gasteiger partial charge < -0.3 is 14.6 Å². The van der Waals surface area contributed by atoms with E-state index in [0.717, 1.165) is 60.4 Å². The van der Waals surface area contributed by atoms with E-state index in [4.69, 9.17) is 9.47 Å². The van der Waals surface area contributed by atoms with Gasteiger partial charge in [-0.05, 0) is 73.3 Å². The molecule has 1 fully saturated rings. The van der Waals surface area contributed by atoms with Crippen molar-refractivity contribution in [3.05, 3.63) is 106 Å². The number of phenolic OH excluding ortho intramolecular Hbond substituents is 1. The average Bonchev–Trinajstić information content (AvgIpc) is 3.47. The number of hydrogen-bond donors (Lipinski definition) is 1. The van der Waals surface area contributed by atoms with Gasteiger partial charge in [0, 0.05) is 12.1 Å². The highest BCUT2D eigenvalue weighted by Gasteiger charge is 2.32. The molecule has 0 spiro atoms. The van der Waals surface area contributed by atoms with Crippen LogP contribution in [0.15, 0.2) is 78.6 Å². The second-order valence-electron chi connectivity index (χ2n) is 9.64. The maximum Gasteiger partial charge on any atom is 0.231 e. The van der Waals surface area contributed by atoms with Crippen molar-refractivity contribution in [1.29, 1.82) is 0 Å². The first-order valence-corrected chi connectivity index (χ1v) is 12.7. The minimum absolute atomic E-state index is 0.143. The quantitative estimate of drug-likeness (QED) is 0.436. The Morgan fingerprint density at radius 2 is 1.78 bits per heavy atom. The summed E-state index contributed by atoms with van der Waals surface area (Å²) in [6.07, 6.45) is 8.24. The van der Waals surface area contributed by atoms with E-state index >= 15 is 0 Å². The zero-order valence-corrected chi connectivity index (χ0v) is 20.2. The Hall–Kier alpha value is -3.83. The topological polar surface area (TPSA) is 59.0 Å². The van der Waals surface area contributed by atoms with Gasteiger partial charge in [0.05, 0.1) is 11.1 Å². The van der Waals surface area contributed by atoms with E-state index in [1.165, 1.54) is 6.42 Å². The molecular formula is C31H29NO4. The van der Waals surface area contributed by atoms with Crippen LogP contribution < -0.4 is 9.47 Å². The lowest BCUT2D eigenvalue weighted by Crippen LogP contribution is -2.29. The zero-order chi connectivity index (χ0) is 24.5. The van der Waals surface area contributed by atoms with Gasteiger partial charge in [0.2, 0.25) is 5.78 Å². The minimum Gasteiger partial charge on any atom is -0.507 e. The second kappa shape index (κ2) is 9.67. The molecule has 0 bridgehead atoms. The Bertz CT molecular complexity index is 1370. The van der Waals surface area contributed by atoms with E-state index in [1.54, 1.807) is 12.1 Å². The second-order valence-corrected chi connectivity index (χ2v) is 9.64. The lowest BCUT2D eigenvalue weighted by Gasteiger charge is -2.27. The third-order valence-corrected chi connectivity index (χ3v) is 7.24. The molecule has 0 radical (unpaired) electrons. The number of Topliss-reactive ketones (excluding diaryl/α,β-unsaturated/α-hetero) is 1. The highest BCUT2D eigenvalue weighted by molar-refractivity contribution is 6.14. The van der Waals surface area contributed by atoms with Gasteiger partial charge in [-0.15, -0.1) is 0 Å². The van der Waals surface area contributed by atoms with Crippen molar-refractivity contribution in [3.63, 3.8) is 0 Å². The molecule has 6 rings (SSSR count). The molecule has 3 aliphatic rings. The highest BCUT2D eigenvalue weighted by atomic mass is 16.5. The van der Waals surface area contributed by atoms with E-state index in [1.807, 2.05) is 36.4 Å². The molecule has 36 heavy (non-hydrogen) atoms. The molecule has 5 heteroatoms. The Balaban J connectivity index is 1.23. The number of nitrogens with zero attached hydrogens (tertiary/aromatic N) is 1. The van der Waals surface area contributed by atoms with Crippen molar-refractivity contribution in [2.45, 2.75) is 38.8 Å². The van der Waals surface area contributed by atoms with Gasteiger partial charge in [-0.2, -0.15) is 0 Å². The molecular weight excluding hydrogens is 450 g/mol. The summed E-state index contributed by atoms with van der Waals surface area (Å²) < 4.78 is 12.3. The summed E-state index contributed by atoms with van der Waals surface area (Å²) in [5, 5.41) is 10.6. The van der Waals surface area contributed by atoms with E-state index < -0.39 is 0 Å². The van der Waals surface area contributed by atoms with Crippen molar-refractivity contribution in [1.82, 2.24) is 4.90 Å². The number of ketones is 1. The molecule has 1 saturated heterocycles. The van der Waals surface area contributed by atoms with Gasteiger partial charge in [0.25, 0.3) is 0 Å². The number of phenols is 1. The molecule has 1 aliphatic carbocycles. The number of ether oxygens (including phenoxy) is 2. The summed E-state index contributed by atoms with van der Waals surface area (Å²) >= 11 is 0. The average molecular weight is 480 g/mol. The molecule has 1 N–H and O–H groups in total. The summed E-state index contributed by atoms with van der Waals surface area (Å²) in [6, 6.07) is 19.4. The number of fused-ring (bicyclic) bond motifs is 2. The predicted octanol–water partition coefficient (Wildman–Crippen LogP) is 6.06. The Morgan fingerprint density at radius 3 is 2.61 bits per heavy atom. The fourth-order valence-corrected chi connectivity index (χ4v) is 5.31. The molecule has 0 unspecified atom stereocenters. The largest absolute Gasteiger partial charge is 0.507 e. The van der Waals surface area contributed by atoms with Gasteiger partial charge in [0.15, 0.2) is 5.76 Å².